The zero-order valence-electron chi connectivity index (χ0n) is 19.3. The van der Waals surface area contributed by atoms with Gasteiger partial charge >= 0.3 is 0 Å². The van der Waals surface area contributed by atoms with Crippen LogP contribution in [0.4, 0.5) is 0 Å². The second kappa shape index (κ2) is 16.4. The van der Waals surface area contributed by atoms with Crippen LogP contribution in [-0.2, 0) is 14.6 Å². The molecule has 0 saturated carbocycles. The summed E-state index contributed by atoms with van der Waals surface area (Å²) in [6.45, 7) is 8.57. The van der Waals surface area contributed by atoms with Crippen molar-refractivity contribution in [3.8, 4) is 11.5 Å². The molecule has 1 aromatic carbocycles. The molecular weight excluding hydrogens is 533 g/mol. The van der Waals surface area contributed by atoms with Crippen molar-refractivity contribution < 1.29 is 22.6 Å². The Balaban J connectivity index is 0.00000900. The Bertz CT molecular complexity index is 759. The number of aliphatic imine (C=N–C) groups is 1. The van der Waals surface area contributed by atoms with Crippen LogP contribution in [0.1, 0.15) is 45.2 Å². The summed E-state index contributed by atoms with van der Waals surface area (Å²) in [6, 6.07) is 5.95. The SMILES string of the molecule is CCCOc1ccc(C(C)NC(=NC)NCCOCCS(C)(=O)=O)cc1OCCC.I. The molecule has 0 saturated heterocycles. The van der Waals surface area contributed by atoms with Gasteiger partial charge in [-0.25, -0.2) is 8.42 Å². The van der Waals surface area contributed by atoms with Crippen LogP contribution in [0.5, 0.6) is 11.5 Å². The average Bonchev–Trinajstić information content (AvgIpc) is 2.71. The molecule has 0 aliphatic carbocycles. The van der Waals surface area contributed by atoms with Gasteiger partial charge in [-0.05, 0) is 37.5 Å². The highest BCUT2D eigenvalue weighted by Crippen LogP contribution is 2.31. The molecule has 0 bridgehead atoms. The Morgan fingerprint density at radius 3 is 2.29 bits per heavy atom. The number of sulfone groups is 1. The number of nitrogens with zero attached hydrogens (tertiary/aromatic N) is 1. The van der Waals surface area contributed by atoms with Crippen LogP contribution in [0.15, 0.2) is 23.2 Å². The monoisotopic (exact) mass is 571 g/mol. The standard InChI is InChI=1S/C21H37N3O5S.HI/c1-6-11-28-19-9-8-18(16-20(19)29-12-7-2)17(3)24-21(22-4)23-10-13-27-14-15-30(5,25)26;/h8-9,16-17H,6-7,10-15H2,1-5H3,(H2,22,23,24);1H. The molecule has 0 aliphatic heterocycles. The second-order valence-electron chi connectivity index (χ2n) is 7.01. The molecule has 0 radical (unpaired) electrons. The predicted octanol–water partition coefficient (Wildman–Crippen LogP) is 3.17. The lowest BCUT2D eigenvalue weighted by Crippen LogP contribution is -2.40. The smallest absolute Gasteiger partial charge is 0.191 e. The number of halogens is 1. The molecule has 0 heterocycles. The maximum Gasteiger partial charge on any atom is 0.191 e. The van der Waals surface area contributed by atoms with Crippen molar-refractivity contribution in [3.63, 3.8) is 0 Å². The van der Waals surface area contributed by atoms with E-state index >= 15 is 0 Å². The molecule has 0 fully saturated rings. The summed E-state index contributed by atoms with van der Waals surface area (Å²) in [5.41, 5.74) is 1.05. The summed E-state index contributed by atoms with van der Waals surface area (Å²) >= 11 is 0. The van der Waals surface area contributed by atoms with E-state index in [2.05, 4.69) is 29.5 Å². The molecule has 2 N–H and O–H groups in total. The van der Waals surface area contributed by atoms with Crippen LogP contribution in [0.25, 0.3) is 0 Å². The van der Waals surface area contributed by atoms with E-state index in [1.165, 1.54) is 6.26 Å². The largest absolute Gasteiger partial charge is 0.490 e. The minimum absolute atomic E-state index is 0. The fourth-order valence-electron chi connectivity index (χ4n) is 2.49. The predicted molar refractivity (Wildman–Crippen MR) is 137 cm³/mol. The van der Waals surface area contributed by atoms with Gasteiger partial charge in [-0.3, -0.25) is 4.99 Å². The van der Waals surface area contributed by atoms with Crippen LogP contribution in [0, 0.1) is 0 Å². The van der Waals surface area contributed by atoms with Crippen molar-refractivity contribution >= 4 is 39.8 Å². The van der Waals surface area contributed by atoms with Crippen molar-refractivity contribution in [1.29, 1.82) is 0 Å². The Hall–Kier alpha value is -1.27. The van der Waals surface area contributed by atoms with Gasteiger partial charge in [-0.2, -0.15) is 0 Å². The molecule has 31 heavy (non-hydrogen) atoms. The molecule has 1 unspecified atom stereocenters. The van der Waals surface area contributed by atoms with Crippen molar-refractivity contribution in [2.45, 2.75) is 39.7 Å². The fraction of sp³-hybridized carbons (Fsp3) is 0.667. The number of ether oxygens (including phenoxy) is 3. The van der Waals surface area contributed by atoms with Crippen LogP contribution < -0.4 is 20.1 Å². The molecular formula is C21H38IN3O5S. The Morgan fingerprint density at radius 2 is 1.71 bits per heavy atom. The minimum atomic E-state index is -3.00. The van der Waals surface area contributed by atoms with Crippen LogP contribution in [-0.4, -0.2) is 66.4 Å². The van der Waals surface area contributed by atoms with E-state index in [0.29, 0.717) is 32.3 Å². The summed E-state index contributed by atoms with van der Waals surface area (Å²) in [6.07, 6.45) is 3.06. The molecule has 10 heteroatoms. The summed E-state index contributed by atoms with van der Waals surface area (Å²) in [7, 11) is -1.30. The third-order valence-corrected chi connectivity index (χ3v) is 5.01. The zero-order chi connectivity index (χ0) is 22.4. The highest BCUT2D eigenvalue weighted by molar-refractivity contribution is 14.0. The van der Waals surface area contributed by atoms with E-state index in [-0.39, 0.29) is 42.4 Å². The van der Waals surface area contributed by atoms with Gasteiger partial charge in [0, 0.05) is 19.8 Å². The van der Waals surface area contributed by atoms with Gasteiger partial charge in [0.1, 0.15) is 9.84 Å². The molecule has 1 rings (SSSR count). The third kappa shape index (κ3) is 13.0. The molecule has 8 nitrogen and oxygen atoms in total. The lowest BCUT2D eigenvalue weighted by molar-refractivity contribution is 0.154. The number of rotatable bonds is 14. The average molecular weight is 572 g/mol. The van der Waals surface area contributed by atoms with Crippen molar-refractivity contribution in [2.24, 2.45) is 4.99 Å². The fourth-order valence-corrected chi connectivity index (χ4v) is 2.91. The quantitative estimate of drug-likeness (QED) is 0.153. The normalized spacial score (nSPS) is 12.6. The second-order valence-corrected chi connectivity index (χ2v) is 9.27. The highest BCUT2D eigenvalue weighted by Gasteiger charge is 2.13. The van der Waals surface area contributed by atoms with Gasteiger partial charge in [0.25, 0.3) is 0 Å². The summed E-state index contributed by atoms with van der Waals surface area (Å²) in [5.74, 6) is 2.17. The first kappa shape index (κ1) is 29.7. The zero-order valence-corrected chi connectivity index (χ0v) is 22.4. The maximum absolute atomic E-state index is 11.1. The molecule has 0 aliphatic rings. The molecule has 1 atom stereocenters. The third-order valence-electron chi connectivity index (χ3n) is 4.11. The minimum Gasteiger partial charge on any atom is -0.490 e. The number of nitrogens with one attached hydrogen (secondary N) is 2. The Labute approximate surface area is 204 Å². The van der Waals surface area contributed by atoms with Gasteiger partial charge in [-0.15, -0.1) is 24.0 Å². The van der Waals surface area contributed by atoms with Gasteiger partial charge in [0.05, 0.1) is 38.2 Å². The molecule has 0 amide bonds. The van der Waals surface area contributed by atoms with Gasteiger partial charge in [0.15, 0.2) is 17.5 Å². The van der Waals surface area contributed by atoms with E-state index < -0.39 is 9.84 Å². The lowest BCUT2D eigenvalue weighted by atomic mass is 10.1. The van der Waals surface area contributed by atoms with E-state index in [1.807, 2.05) is 25.1 Å². The van der Waals surface area contributed by atoms with Crippen molar-refractivity contribution in [2.75, 3.05) is 52.0 Å². The number of guanidine groups is 1. The first-order valence-corrected chi connectivity index (χ1v) is 12.5. The van der Waals surface area contributed by atoms with E-state index in [0.717, 1.165) is 29.9 Å². The van der Waals surface area contributed by atoms with E-state index in [1.54, 1.807) is 7.05 Å². The first-order valence-electron chi connectivity index (χ1n) is 10.4. The van der Waals surface area contributed by atoms with Gasteiger partial charge in [0.2, 0.25) is 0 Å². The lowest BCUT2D eigenvalue weighted by Gasteiger charge is -2.20. The maximum atomic E-state index is 11.1. The van der Waals surface area contributed by atoms with Crippen molar-refractivity contribution in [3.05, 3.63) is 23.8 Å². The van der Waals surface area contributed by atoms with Crippen LogP contribution >= 0.6 is 24.0 Å². The number of hydrogen-bond acceptors (Lipinski definition) is 6. The van der Waals surface area contributed by atoms with Crippen LogP contribution in [0.3, 0.4) is 0 Å². The summed E-state index contributed by atoms with van der Waals surface area (Å²) in [5, 5.41) is 6.50. The first-order chi connectivity index (χ1) is 14.3. The summed E-state index contributed by atoms with van der Waals surface area (Å²) in [4.78, 5) is 4.23. The molecule has 0 aromatic heterocycles. The Morgan fingerprint density at radius 1 is 1.06 bits per heavy atom. The van der Waals surface area contributed by atoms with E-state index in [9.17, 15) is 8.42 Å². The van der Waals surface area contributed by atoms with Crippen molar-refractivity contribution in [1.82, 2.24) is 10.6 Å². The van der Waals surface area contributed by atoms with E-state index in [4.69, 9.17) is 14.2 Å². The van der Waals surface area contributed by atoms with Gasteiger partial charge < -0.3 is 24.8 Å². The number of benzene rings is 1. The molecule has 180 valence electrons. The summed E-state index contributed by atoms with van der Waals surface area (Å²) < 4.78 is 39.2. The number of hydrogen-bond donors (Lipinski definition) is 2. The molecule has 0 spiro atoms. The molecule has 1 aromatic rings. The van der Waals surface area contributed by atoms with Gasteiger partial charge in [-0.1, -0.05) is 19.9 Å². The topological polar surface area (TPSA) is 98.2 Å². The highest BCUT2D eigenvalue weighted by atomic mass is 127. The Kier molecular flexibility index (Phi) is 15.7. The van der Waals surface area contributed by atoms with Crippen LogP contribution in [0.2, 0.25) is 0 Å².